The van der Waals surface area contributed by atoms with Crippen molar-refractivity contribution in [2.24, 2.45) is 0 Å². The van der Waals surface area contributed by atoms with Crippen LogP contribution in [0.3, 0.4) is 0 Å². The molecular weight excluding hydrogens is 1070 g/mol. The Balaban J connectivity index is 2.33. The fourth-order valence-electron chi connectivity index (χ4n) is 18.8. The minimum atomic E-state index is -2.60. The highest BCUT2D eigenvalue weighted by Crippen LogP contribution is 2.46. The first kappa shape index (κ1) is 73.5. The summed E-state index contributed by atoms with van der Waals surface area (Å²) in [5, 5.41) is 0. The van der Waals surface area contributed by atoms with Gasteiger partial charge < -0.3 is 36.5 Å². The largest absolute Gasteiger partial charge is 0.326 e. The minimum absolute atomic E-state index is 0.375. The molecule has 0 heterocycles. The van der Waals surface area contributed by atoms with Gasteiger partial charge in [-0.25, -0.2) is 0 Å². The summed E-state index contributed by atoms with van der Waals surface area (Å²) in [5.74, 6) is 0. The summed E-state index contributed by atoms with van der Waals surface area (Å²) in [5.41, 5.74) is 0. The summed E-state index contributed by atoms with van der Waals surface area (Å²) < 4.78 is 27.7. The third kappa shape index (κ3) is 19.2. The van der Waals surface area contributed by atoms with Gasteiger partial charge >= 0.3 is 0 Å². The van der Waals surface area contributed by atoms with E-state index in [1.165, 1.54) is 198 Å². The molecule has 0 amide bonds. The molecule has 14 heteroatoms. The van der Waals surface area contributed by atoms with Crippen LogP contribution in [0.1, 0.15) is 293 Å². The van der Waals surface area contributed by atoms with Gasteiger partial charge in [-0.05, 0) is 176 Å². The van der Waals surface area contributed by atoms with Gasteiger partial charge in [0.05, 0.1) is 19.4 Å². The van der Waals surface area contributed by atoms with Crippen molar-refractivity contribution >= 4 is 52.1 Å². The lowest BCUT2D eigenvalue weighted by molar-refractivity contribution is 0.178. The van der Waals surface area contributed by atoms with Crippen LogP contribution in [-0.4, -0.2) is 187 Å². The van der Waals surface area contributed by atoms with Gasteiger partial charge in [-0.2, -0.15) is 0 Å². The molecule has 0 spiro atoms. The molecule has 474 valence electrons. The predicted octanol–water partition coefficient (Wildman–Crippen LogP) is 15.1. The molecule has 80 heavy (non-hydrogen) atoms. The van der Waals surface area contributed by atoms with Crippen molar-refractivity contribution in [1.29, 1.82) is 0 Å². The van der Waals surface area contributed by atoms with Crippen LogP contribution in [0.15, 0.2) is 0 Å². The molecular formula is C66H146N8Si6. The van der Waals surface area contributed by atoms with E-state index in [2.05, 4.69) is 175 Å². The molecule has 0 aromatic heterocycles. The van der Waals surface area contributed by atoms with Gasteiger partial charge in [0.1, 0.15) is 17.0 Å². The number of hydrogen-bond acceptors (Lipinski definition) is 8. The molecule has 4 saturated carbocycles. The molecule has 4 fully saturated rings. The Morgan fingerprint density at radius 3 is 1.12 bits per heavy atom. The Hall–Kier alpha value is 0.981. The Morgan fingerprint density at radius 1 is 0.388 bits per heavy atom. The fourth-order valence-corrected chi connectivity index (χ4v) is 71.8. The standard InChI is InChI=1S/C66H146N8Si6/c1-21-45-67(63-37-33-34-38-63)75-49-51-77(68(46-22-2)64-39-35-36-40-64)79(73(59(15)16)61(19)25-5,69(47-23-3)65-41-29-27-30-42-65)53-54-80(74(60(17)18)62(20)26-6,70(48-24-4)66-43-31-28-32-44-66)78(72(57(11)12)58(13)14)52-50-76-71(55(7)8)56(9)10/h55-66,77-78H,21-54,75-76H2,1-20H3. The average Bonchev–Trinajstić information content (AvgIpc) is 4.31. The molecule has 8 nitrogen and oxygen atoms in total. The molecule has 4 aliphatic rings. The Morgan fingerprint density at radius 2 is 0.750 bits per heavy atom. The maximum absolute atomic E-state index is 3.68. The summed E-state index contributed by atoms with van der Waals surface area (Å²) in [7, 11) is -9.47. The first-order chi connectivity index (χ1) is 38.3. The predicted molar refractivity (Wildman–Crippen MR) is 376 cm³/mol. The average molecular weight is 1220 g/mol. The quantitative estimate of drug-likeness (QED) is 0.0559. The Labute approximate surface area is 513 Å². The zero-order chi connectivity index (χ0) is 59.2. The number of hydrogen-bond donors (Lipinski definition) is 0. The maximum Gasteiger partial charge on any atom is 0.207 e. The molecule has 4 rings (SSSR count). The highest BCUT2D eigenvalue weighted by atomic mass is 29.2. The second kappa shape index (κ2) is 37.7. The summed E-state index contributed by atoms with van der Waals surface area (Å²) in [6, 6.07) is 17.2. The SMILES string of the molecule is CCCN([SiH2]CC[SiH](N(CCC)C1CCCC1)[Si](CC[Si](N(CCC)C1CCCCC1)(N(C(C)C)C(C)CC)[SiH](CC[SiH2]N(C(C)C)C(C)C)N(C(C)C)C(C)C)(N(CCC)C1CCCCC1)N(C(C)C)C(C)CC)C1CCCC1. The molecule has 0 aromatic rings. The van der Waals surface area contributed by atoms with Gasteiger partial charge in [-0.1, -0.05) is 215 Å². The summed E-state index contributed by atoms with van der Waals surface area (Å²) in [6.07, 6.45) is 34.1. The van der Waals surface area contributed by atoms with Crippen molar-refractivity contribution in [2.75, 3.05) is 26.2 Å². The molecule has 0 N–H and O–H groups in total. The lowest BCUT2D eigenvalue weighted by Gasteiger charge is -2.64. The first-order valence-corrected chi connectivity index (χ1v) is 50.2. The van der Waals surface area contributed by atoms with E-state index >= 15 is 0 Å². The van der Waals surface area contributed by atoms with Crippen LogP contribution < -0.4 is 0 Å². The van der Waals surface area contributed by atoms with E-state index in [9.17, 15) is 0 Å². The second-order valence-corrected chi connectivity index (χ2v) is 53.8. The molecule has 0 saturated heterocycles. The van der Waals surface area contributed by atoms with Crippen LogP contribution in [0.4, 0.5) is 0 Å². The number of rotatable bonds is 41. The smallest absolute Gasteiger partial charge is 0.207 e. The number of nitrogens with zero attached hydrogens (tertiary/aromatic N) is 8. The van der Waals surface area contributed by atoms with Gasteiger partial charge in [0, 0.05) is 36.3 Å². The Kier molecular flexibility index (Phi) is 34.6. The second-order valence-electron chi connectivity index (χ2n) is 29.3. The van der Waals surface area contributed by atoms with Crippen molar-refractivity contribution in [3.05, 3.63) is 0 Å². The molecule has 6 atom stereocenters. The molecule has 0 aromatic carbocycles. The topological polar surface area (TPSA) is 25.9 Å². The van der Waals surface area contributed by atoms with E-state index in [1.54, 1.807) is 18.1 Å². The van der Waals surface area contributed by atoms with Crippen LogP contribution in [0, 0.1) is 0 Å². The third-order valence-corrected chi connectivity index (χ3v) is 60.5. The summed E-state index contributed by atoms with van der Waals surface area (Å²) >= 11 is 0. The Bertz CT molecular complexity index is 1570. The van der Waals surface area contributed by atoms with Crippen LogP contribution in [0.5, 0.6) is 0 Å². The van der Waals surface area contributed by atoms with E-state index in [0.29, 0.717) is 48.3 Å². The van der Waals surface area contributed by atoms with E-state index < -0.39 is 42.5 Å². The maximum atomic E-state index is 3.68. The lowest BCUT2D eigenvalue weighted by Crippen LogP contribution is -2.85. The van der Waals surface area contributed by atoms with E-state index in [4.69, 9.17) is 0 Å². The van der Waals surface area contributed by atoms with Gasteiger partial charge in [0.2, 0.25) is 15.8 Å². The van der Waals surface area contributed by atoms with Crippen LogP contribution >= 0.6 is 0 Å². The van der Waals surface area contributed by atoms with Gasteiger partial charge in [0.15, 0.2) is 0 Å². The van der Waals surface area contributed by atoms with Crippen molar-refractivity contribution in [3.63, 3.8) is 0 Å². The van der Waals surface area contributed by atoms with Crippen molar-refractivity contribution in [3.8, 4) is 0 Å². The molecule has 0 radical (unpaired) electrons. The van der Waals surface area contributed by atoms with Crippen molar-refractivity contribution in [2.45, 2.75) is 401 Å². The monoisotopic (exact) mass is 1220 g/mol. The van der Waals surface area contributed by atoms with Gasteiger partial charge in [0.25, 0.3) is 0 Å². The highest BCUT2D eigenvalue weighted by molar-refractivity contribution is 7.32. The zero-order valence-corrected chi connectivity index (χ0v) is 65.3. The van der Waals surface area contributed by atoms with E-state index in [0.717, 1.165) is 24.2 Å². The minimum Gasteiger partial charge on any atom is -0.326 e. The molecule has 4 aliphatic carbocycles. The third-order valence-electron chi connectivity index (χ3n) is 21.7. The van der Waals surface area contributed by atoms with Crippen molar-refractivity contribution < 1.29 is 0 Å². The van der Waals surface area contributed by atoms with Crippen molar-refractivity contribution in [1.82, 2.24) is 36.5 Å². The summed E-state index contributed by atoms with van der Waals surface area (Å²) in [4.78, 5) is 0. The van der Waals surface area contributed by atoms with E-state index in [-0.39, 0.29) is 9.68 Å². The highest BCUT2D eigenvalue weighted by Gasteiger charge is 2.63. The van der Waals surface area contributed by atoms with Crippen LogP contribution in [0.25, 0.3) is 0 Å². The lowest BCUT2D eigenvalue weighted by atomic mass is 9.95. The van der Waals surface area contributed by atoms with Crippen LogP contribution in [-0.2, 0) is 0 Å². The van der Waals surface area contributed by atoms with Crippen LogP contribution in [0.2, 0.25) is 36.3 Å². The molecule has 0 aliphatic heterocycles. The zero-order valence-electron chi connectivity index (χ0n) is 58.1. The first-order valence-electron chi connectivity index (χ1n) is 36.4. The van der Waals surface area contributed by atoms with Gasteiger partial charge in [-0.3, -0.25) is 0 Å². The molecule has 6 unspecified atom stereocenters. The summed E-state index contributed by atoms with van der Waals surface area (Å²) in [6.45, 7) is 58.4. The van der Waals surface area contributed by atoms with E-state index in [1.807, 2.05) is 0 Å². The fraction of sp³-hybridized carbons (Fsp3) is 1.00. The molecule has 0 bridgehead atoms. The van der Waals surface area contributed by atoms with Gasteiger partial charge in [-0.15, -0.1) is 0 Å². The normalized spacial score (nSPS) is 21.7.